The molecule has 0 saturated carbocycles. The molecular formula is C120H166N4O8S8Si2. The molecule has 8 aromatic heterocycles. The number of nitrogens with zero attached hydrogens (tertiary/aromatic N) is 4. The van der Waals surface area contributed by atoms with Crippen molar-refractivity contribution in [3.8, 4) is 71.4 Å². The summed E-state index contributed by atoms with van der Waals surface area (Å²) in [7, 11) is -5.27. The van der Waals surface area contributed by atoms with E-state index in [0.717, 1.165) is 304 Å². The summed E-state index contributed by atoms with van der Waals surface area (Å²) in [6.07, 6.45) is 46.4. The number of carbonyl (C=O) groups is 6. The molecule has 0 bridgehead atoms. The summed E-state index contributed by atoms with van der Waals surface area (Å²) in [5, 5.41) is 0. The molecule has 770 valence electrons. The monoisotopic (exact) mass is 2100 g/mol. The van der Waals surface area contributed by atoms with Crippen LogP contribution in [-0.4, -0.2) is 98.6 Å². The molecule has 142 heavy (non-hydrogen) atoms. The highest BCUT2D eigenvalue weighted by Gasteiger charge is 2.53. The summed E-state index contributed by atoms with van der Waals surface area (Å²) in [6.45, 7) is 34.1. The van der Waals surface area contributed by atoms with E-state index in [2.05, 4.69) is 182 Å². The van der Waals surface area contributed by atoms with Crippen molar-refractivity contribution in [2.75, 3.05) is 26.2 Å². The number of fused-ring (bicyclic) bond motifs is 2. The Bertz CT molecular complexity index is 5310. The van der Waals surface area contributed by atoms with Crippen LogP contribution in [0.15, 0.2) is 131 Å². The maximum atomic E-state index is 16.3. The molecule has 0 N–H and O–H groups in total. The number of unbranched alkanes of at least 4 members (excludes halogenated alkanes) is 22. The molecule has 1 aromatic carbocycles. The van der Waals surface area contributed by atoms with Crippen LogP contribution in [0.2, 0.25) is 36.3 Å². The van der Waals surface area contributed by atoms with Crippen LogP contribution in [0.3, 0.4) is 0 Å². The molecule has 4 aliphatic heterocycles. The number of benzene rings is 1. The van der Waals surface area contributed by atoms with Crippen LogP contribution in [-0.2, 0) is 19.2 Å². The van der Waals surface area contributed by atoms with Gasteiger partial charge in [0.15, 0.2) is 12.6 Å². The Hall–Kier alpha value is -6.97. The van der Waals surface area contributed by atoms with Crippen molar-refractivity contribution in [3.63, 3.8) is 0 Å². The molecule has 4 atom stereocenters. The lowest BCUT2D eigenvalue weighted by Crippen LogP contribution is -2.42. The molecule has 12 heterocycles. The first kappa shape index (κ1) is 112. The lowest BCUT2D eigenvalue weighted by molar-refractivity contribution is -0.124. The number of carbonyl (C=O) groups excluding carboxylic acids is 6. The van der Waals surface area contributed by atoms with Gasteiger partial charge in [0, 0.05) is 86.1 Å². The van der Waals surface area contributed by atoms with Crippen molar-refractivity contribution >= 4 is 166 Å². The zero-order valence-electron chi connectivity index (χ0n) is 88.5. The Morgan fingerprint density at radius 3 is 0.648 bits per heavy atom. The van der Waals surface area contributed by atoms with Crippen molar-refractivity contribution in [1.82, 2.24) is 19.6 Å². The van der Waals surface area contributed by atoms with E-state index >= 15 is 19.2 Å². The van der Waals surface area contributed by atoms with Gasteiger partial charge >= 0.3 is 0 Å². The summed E-state index contributed by atoms with van der Waals surface area (Å²) >= 11 is 13.2. The van der Waals surface area contributed by atoms with Gasteiger partial charge in [-0.25, -0.2) is 0 Å². The summed E-state index contributed by atoms with van der Waals surface area (Å²) in [5.74, 6) is 2.56. The number of aldehydes is 2. The van der Waals surface area contributed by atoms with Crippen molar-refractivity contribution < 1.29 is 37.6 Å². The normalized spacial score (nSPS) is 15.1. The van der Waals surface area contributed by atoms with E-state index in [1.54, 1.807) is 45.3 Å². The number of hydrogen-bond donors (Lipinski definition) is 0. The lowest BCUT2D eigenvalue weighted by atomic mass is 9.98. The van der Waals surface area contributed by atoms with E-state index in [0.29, 0.717) is 58.2 Å². The van der Waals surface area contributed by atoms with Gasteiger partial charge in [0.25, 0.3) is 40.3 Å². The third-order valence-electron chi connectivity index (χ3n) is 30.5. The van der Waals surface area contributed by atoms with Crippen LogP contribution in [0.1, 0.15) is 393 Å². The fraction of sp³-hybridized carbons (Fsp3) is 0.567. The van der Waals surface area contributed by atoms with E-state index in [9.17, 15) is 9.59 Å². The fourth-order valence-electron chi connectivity index (χ4n) is 21.8. The van der Waals surface area contributed by atoms with Crippen LogP contribution >= 0.6 is 90.7 Å². The number of amides is 4. The Kier molecular flexibility index (Phi) is 44.6. The maximum absolute atomic E-state index is 16.3. The molecule has 12 nitrogen and oxygen atoms in total. The van der Waals surface area contributed by atoms with Crippen LogP contribution in [0.5, 0.6) is 11.5 Å². The predicted molar refractivity (Wildman–Crippen MR) is 620 cm³/mol. The van der Waals surface area contributed by atoms with Crippen LogP contribution in [0.25, 0.3) is 82.7 Å². The average molecular weight is 2110 g/mol. The van der Waals surface area contributed by atoms with E-state index in [1.165, 1.54) is 138 Å². The molecule has 4 unspecified atom stereocenters. The SMILES string of the molecule is CCCCCC[Si](CCCCCC)(CCCCCC)Oc1cc(-c2ccc(-c3ccc(C4=C5C(=O)N(CC(CC)CCCC)C(c6ccc(-c7ccc(C=O)s7)s6)=C5C(=O)N4CC(CC)CCCC)s3)s2)c(O[Si](CCCCCC)(CCCCCC)CCCCCC)cc1-c1ccc(-c2ccc(C3=C4C(=O)N(CC(CC)CCCC)C(c5ccc(-c6ccc(C=O)s6)s5)=C4C(=O)N3CC(CC)CCCC)s2)s1. The second kappa shape index (κ2) is 56.4. The van der Waals surface area contributed by atoms with E-state index < -0.39 is 16.6 Å². The first-order valence-corrected chi connectivity index (χ1v) is 67.5. The summed E-state index contributed by atoms with van der Waals surface area (Å²) in [6, 6.07) is 46.3. The van der Waals surface area contributed by atoms with Crippen LogP contribution in [0, 0.1) is 23.7 Å². The summed E-state index contributed by atoms with van der Waals surface area (Å²) in [5.41, 5.74) is 7.27. The minimum atomic E-state index is -2.64. The average Bonchev–Trinajstić information content (AvgIpc) is 1.55. The van der Waals surface area contributed by atoms with Gasteiger partial charge in [0.05, 0.1) is 74.3 Å². The quantitative estimate of drug-likeness (QED) is 0.0209. The van der Waals surface area contributed by atoms with Crippen molar-refractivity contribution in [3.05, 3.63) is 161 Å². The van der Waals surface area contributed by atoms with Crippen molar-refractivity contribution in [2.24, 2.45) is 23.7 Å². The molecule has 4 aliphatic rings. The number of thiophene rings is 8. The first-order chi connectivity index (χ1) is 69.3. The Morgan fingerprint density at radius 2 is 0.444 bits per heavy atom. The van der Waals surface area contributed by atoms with E-state index in [4.69, 9.17) is 8.85 Å². The number of rotatable bonds is 70. The van der Waals surface area contributed by atoms with E-state index in [1.807, 2.05) is 66.5 Å². The molecule has 9 aromatic rings. The smallest absolute Gasteiger partial charge is 0.261 e. The Balaban J connectivity index is 1.01. The van der Waals surface area contributed by atoms with Crippen LogP contribution < -0.4 is 8.85 Å². The largest absolute Gasteiger partial charge is 0.543 e. The standard InChI is InChI=1S/C120H166N4O8S8Si2/c1-15-29-39-45-71-141(72-46-40-30-16-2,73-47-41-31-17-3)131-93-77-92(96-60-62-102(136-96)104-66-70-108(140-104)116-112-110(118(128)124(116)82-88(28-14)54-38-24-10)114(122(120(112)130)80-86(26-12)52-36-22-8)106-68-64-100(138-106)98-58-56-90(84-126)134-98)94(132-142(74-48-42-32-18-4,75-49-43-33-19-5)76-50-44-34-20-6)78-91(93)95-59-61-101(135-95)103-65-69-107(139-103)115-111-109(117(127)123(115)81-87(27-13)53-37-23-9)113(121(119(111)129)79-85(25-11)51-35-21-7)105-67-63-99(137-105)97-57-55-89(83-125)133-97/h55-70,77-78,83-88H,15-54,71-76,79-82H2,1-14H3. The maximum Gasteiger partial charge on any atom is 0.261 e. The molecule has 0 saturated heterocycles. The molecular weight excluding hydrogens is 1940 g/mol. The van der Waals surface area contributed by atoms with Gasteiger partial charge in [-0.05, 0) is 195 Å². The van der Waals surface area contributed by atoms with Crippen molar-refractivity contribution in [2.45, 2.75) is 390 Å². The molecule has 0 radical (unpaired) electrons. The second-order valence-corrected chi connectivity index (χ2v) is 58.0. The third kappa shape index (κ3) is 27.8. The van der Waals surface area contributed by atoms with Gasteiger partial charge in [0.1, 0.15) is 11.5 Å². The van der Waals surface area contributed by atoms with Gasteiger partial charge in [-0.2, -0.15) is 0 Å². The minimum absolute atomic E-state index is 0.0870. The third-order valence-corrected chi connectivity index (χ3v) is 48.8. The number of hydrogen-bond acceptors (Lipinski definition) is 16. The fourth-order valence-corrected chi connectivity index (χ4v) is 38.9. The predicted octanol–water partition coefficient (Wildman–Crippen LogP) is 38.4. The van der Waals surface area contributed by atoms with Crippen LogP contribution in [0.4, 0.5) is 0 Å². The minimum Gasteiger partial charge on any atom is -0.543 e. The van der Waals surface area contributed by atoms with Gasteiger partial charge in [-0.1, -0.05) is 328 Å². The van der Waals surface area contributed by atoms with Gasteiger partial charge in [-0.3, -0.25) is 28.8 Å². The lowest BCUT2D eigenvalue weighted by Gasteiger charge is -2.36. The van der Waals surface area contributed by atoms with Crippen molar-refractivity contribution in [1.29, 1.82) is 0 Å². The highest BCUT2D eigenvalue weighted by atomic mass is 32.1. The summed E-state index contributed by atoms with van der Waals surface area (Å²) < 4.78 is 17.2. The molecule has 0 aliphatic carbocycles. The molecule has 0 spiro atoms. The van der Waals surface area contributed by atoms with E-state index in [-0.39, 0.29) is 47.3 Å². The highest BCUT2D eigenvalue weighted by Crippen LogP contribution is 2.57. The zero-order valence-corrected chi connectivity index (χ0v) is 97.1. The zero-order chi connectivity index (χ0) is 101. The Labute approximate surface area is 887 Å². The van der Waals surface area contributed by atoms with Gasteiger partial charge in [0.2, 0.25) is 0 Å². The molecule has 22 heteroatoms. The van der Waals surface area contributed by atoms with Gasteiger partial charge in [-0.15, -0.1) is 90.7 Å². The molecule has 0 fully saturated rings. The highest BCUT2D eigenvalue weighted by molar-refractivity contribution is 7.26. The summed E-state index contributed by atoms with van der Waals surface area (Å²) in [4.78, 5) is 113. The Morgan fingerprint density at radius 1 is 0.246 bits per heavy atom. The second-order valence-electron chi connectivity index (χ2n) is 41.1. The molecule has 4 amide bonds. The molecule has 13 rings (SSSR count). The van der Waals surface area contributed by atoms with Gasteiger partial charge < -0.3 is 28.5 Å². The first-order valence-electron chi connectivity index (χ1n) is 55.9. The topological polar surface area (TPSA) is 134 Å².